The number of hydrogen-bond acceptors (Lipinski definition) is 4. The Labute approximate surface area is 82.7 Å². The van der Waals surface area contributed by atoms with Crippen LogP contribution in [-0.2, 0) is 5.75 Å². The van der Waals surface area contributed by atoms with E-state index in [-0.39, 0.29) is 5.75 Å². The van der Waals surface area contributed by atoms with Crippen molar-refractivity contribution in [3.05, 3.63) is 17.7 Å². The van der Waals surface area contributed by atoms with Crippen LogP contribution >= 0.6 is 12.6 Å². The third-order valence-corrected chi connectivity index (χ3v) is 2.11. The molecule has 0 radical (unpaired) electrons. The van der Waals surface area contributed by atoms with Crippen LogP contribution in [0.3, 0.4) is 0 Å². The lowest BCUT2D eigenvalue weighted by Crippen LogP contribution is -1.92. The van der Waals surface area contributed by atoms with Crippen molar-refractivity contribution in [2.24, 2.45) is 0 Å². The molecule has 0 amide bonds. The molecule has 0 saturated carbocycles. The number of hydrogen-bond donors (Lipinski definition) is 2. The fraction of sp³-hybridized carbons (Fsp3) is 0.333. The Kier molecular flexibility index (Phi) is 3.31. The van der Waals surface area contributed by atoms with Crippen molar-refractivity contribution in [1.82, 2.24) is 0 Å². The molecule has 0 heterocycles. The molecule has 0 aliphatic rings. The molecule has 72 valence electrons. The number of phenolic OH excluding ortho intramolecular Hbond substituents is 1. The minimum Gasteiger partial charge on any atom is -0.504 e. The minimum absolute atomic E-state index is 0.0943. The molecule has 1 N–H and O–H groups in total. The topological polar surface area (TPSA) is 38.7 Å². The number of benzene rings is 1. The van der Waals surface area contributed by atoms with Gasteiger partial charge in [-0.3, -0.25) is 0 Å². The number of aromatic hydroxyl groups is 1. The van der Waals surface area contributed by atoms with E-state index in [1.54, 1.807) is 12.1 Å². The first-order valence-electron chi connectivity index (χ1n) is 3.78. The first kappa shape index (κ1) is 10.1. The average molecular weight is 200 g/mol. The van der Waals surface area contributed by atoms with Crippen molar-refractivity contribution < 1.29 is 14.6 Å². The van der Waals surface area contributed by atoms with Crippen LogP contribution in [0.5, 0.6) is 17.2 Å². The van der Waals surface area contributed by atoms with Gasteiger partial charge in [0.05, 0.1) is 14.2 Å². The Hall–Kier alpha value is -1.03. The molecule has 0 atom stereocenters. The zero-order valence-corrected chi connectivity index (χ0v) is 8.47. The zero-order chi connectivity index (χ0) is 9.84. The molecular formula is C9H12O3S. The summed E-state index contributed by atoms with van der Waals surface area (Å²) in [4.78, 5) is 0. The molecule has 1 rings (SSSR count). The van der Waals surface area contributed by atoms with Crippen molar-refractivity contribution in [1.29, 1.82) is 0 Å². The van der Waals surface area contributed by atoms with E-state index in [0.717, 1.165) is 5.56 Å². The molecule has 0 aliphatic carbocycles. The second kappa shape index (κ2) is 4.28. The maximum Gasteiger partial charge on any atom is 0.203 e. The SMILES string of the molecule is COc1ccc(CS)c(O)c1OC. The van der Waals surface area contributed by atoms with Gasteiger partial charge in [0.25, 0.3) is 0 Å². The number of rotatable bonds is 3. The van der Waals surface area contributed by atoms with Gasteiger partial charge in [0, 0.05) is 11.3 Å². The summed E-state index contributed by atoms with van der Waals surface area (Å²) in [6.07, 6.45) is 0. The van der Waals surface area contributed by atoms with Gasteiger partial charge in [0.15, 0.2) is 11.5 Å². The van der Waals surface area contributed by atoms with Crippen molar-refractivity contribution in [2.75, 3.05) is 14.2 Å². The van der Waals surface area contributed by atoms with Crippen LogP contribution in [0.25, 0.3) is 0 Å². The minimum atomic E-state index is 0.0943. The lowest BCUT2D eigenvalue weighted by molar-refractivity contribution is 0.332. The van der Waals surface area contributed by atoms with E-state index in [1.807, 2.05) is 0 Å². The molecule has 1 aromatic carbocycles. The predicted molar refractivity (Wildman–Crippen MR) is 53.9 cm³/mol. The van der Waals surface area contributed by atoms with E-state index in [2.05, 4.69) is 12.6 Å². The largest absolute Gasteiger partial charge is 0.504 e. The van der Waals surface area contributed by atoms with Crippen LogP contribution in [-0.4, -0.2) is 19.3 Å². The van der Waals surface area contributed by atoms with Crippen LogP contribution < -0.4 is 9.47 Å². The van der Waals surface area contributed by atoms with E-state index >= 15 is 0 Å². The number of thiol groups is 1. The van der Waals surface area contributed by atoms with E-state index in [4.69, 9.17) is 9.47 Å². The third kappa shape index (κ3) is 1.83. The molecular weight excluding hydrogens is 188 g/mol. The Morgan fingerprint density at radius 1 is 1.31 bits per heavy atom. The monoisotopic (exact) mass is 200 g/mol. The molecule has 4 heteroatoms. The van der Waals surface area contributed by atoms with Gasteiger partial charge < -0.3 is 14.6 Å². The summed E-state index contributed by atoms with van der Waals surface area (Å²) in [5.41, 5.74) is 0.723. The standard InChI is InChI=1S/C9H12O3S/c1-11-7-4-3-6(5-13)8(10)9(7)12-2/h3-4,10,13H,5H2,1-2H3. The molecule has 0 spiro atoms. The highest BCUT2D eigenvalue weighted by atomic mass is 32.1. The fourth-order valence-corrected chi connectivity index (χ4v) is 1.33. The van der Waals surface area contributed by atoms with Crippen LogP contribution in [0, 0.1) is 0 Å². The van der Waals surface area contributed by atoms with Gasteiger partial charge in [-0.1, -0.05) is 6.07 Å². The molecule has 1 aromatic rings. The van der Waals surface area contributed by atoms with E-state index < -0.39 is 0 Å². The summed E-state index contributed by atoms with van der Waals surface area (Å²) >= 11 is 4.07. The van der Waals surface area contributed by atoms with Gasteiger partial charge in [0.2, 0.25) is 5.75 Å². The second-order valence-electron chi connectivity index (χ2n) is 2.47. The van der Waals surface area contributed by atoms with Gasteiger partial charge in [-0.25, -0.2) is 0 Å². The van der Waals surface area contributed by atoms with Crippen molar-refractivity contribution in [3.63, 3.8) is 0 Å². The summed E-state index contributed by atoms with van der Waals surface area (Å²) in [5.74, 6) is 1.43. The van der Waals surface area contributed by atoms with Gasteiger partial charge >= 0.3 is 0 Å². The van der Waals surface area contributed by atoms with Gasteiger partial charge in [0.1, 0.15) is 0 Å². The number of methoxy groups -OCH3 is 2. The second-order valence-corrected chi connectivity index (χ2v) is 2.78. The summed E-state index contributed by atoms with van der Waals surface area (Å²) in [6.45, 7) is 0. The average Bonchev–Trinajstić information content (AvgIpc) is 2.17. The fourth-order valence-electron chi connectivity index (χ4n) is 1.08. The maximum absolute atomic E-state index is 9.65. The Morgan fingerprint density at radius 2 is 2.00 bits per heavy atom. The Morgan fingerprint density at radius 3 is 2.46 bits per heavy atom. The smallest absolute Gasteiger partial charge is 0.203 e. The molecule has 3 nitrogen and oxygen atoms in total. The normalized spacial score (nSPS) is 9.77. The lowest BCUT2D eigenvalue weighted by Gasteiger charge is -2.11. The van der Waals surface area contributed by atoms with Crippen molar-refractivity contribution in [2.45, 2.75) is 5.75 Å². The Balaban J connectivity index is 3.23. The van der Waals surface area contributed by atoms with Crippen LogP contribution in [0.2, 0.25) is 0 Å². The number of ether oxygens (including phenoxy) is 2. The first-order chi connectivity index (χ1) is 6.24. The highest BCUT2D eigenvalue weighted by molar-refractivity contribution is 7.79. The molecule has 13 heavy (non-hydrogen) atoms. The molecule has 0 saturated heterocycles. The van der Waals surface area contributed by atoms with Crippen molar-refractivity contribution in [3.8, 4) is 17.2 Å². The predicted octanol–water partition coefficient (Wildman–Crippen LogP) is 1.84. The molecule has 0 bridgehead atoms. The number of phenols is 1. The summed E-state index contributed by atoms with van der Waals surface area (Å²) in [7, 11) is 3.01. The van der Waals surface area contributed by atoms with Crippen molar-refractivity contribution >= 4 is 12.6 Å². The van der Waals surface area contributed by atoms with E-state index in [1.165, 1.54) is 14.2 Å². The molecule has 0 aliphatic heterocycles. The lowest BCUT2D eigenvalue weighted by atomic mass is 10.2. The quantitative estimate of drug-likeness (QED) is 0.731. The molecule has 0 unspecified atom stereocenters. The molecule has 0 fully saturated rings. The van der Waals surface area contributed by atoms with Gasteiger partial charge in [-0.15, -0.1) is 0 Å². The van der Waals surface area contributed by atoms with Gasteiger partial charge in [-0.05, 0) is 6.07 Å². The first-order valence-corrected chi connectivity index (χ1v) is 4.41. The van der Waals surface area contributed by atoms with Crippen LogP contribution in [0.1, 0.15) is 5.56 Å². The maximum atomic E-state index is 9.65. The van der Waals surface area contributed by atoms with E-state index in [0.29, 0.717) is 17.3 Å². The highest BCUT2D eigenvalue weighted by Gasteiger charge is 2.12. The zero-order valence-electron chi connectivity index (χ0n) is 7.57. The van der Waals surface area contributed by atoms with Crippen LogP contribution in [0.15, 0.2) is 12.1 Å². The molecule has 0 aromatic heterocycles. The third-order valence-electron chi connectivity index (χ3n) is 1.77. The van der Waals surface area contributed by atoms with Crippen LogP contribution in [0.4, 0.5) is 0 Å². The summed E-state index contributed by atoms with van der Waals surface area (Å²) in [6, 6.07) is 3.49. The van der Waals surface area contributed by atoms with Gasteiger partial charge in [-0.2, -0.15) is 12.6 Å². The summed E-state index contributed by atoms with van der Waals surface area (Å²) < 4.78 is 10.0. The Bertz CT molecular complexity index is 299. The highest BCUT2D eigenvalue weighted by Crippen LogP contribution is 2.39. The summed E-state index contributed by atoms with van der Waals surface area (Å²) in [5, 5.41) is 9.65. The van der Waals surface area contributed by atoms with E-state index in [9.17, 15) is 5.11 Å².